The van der Waals surface area contributed by atoms with Gasteiger partial charge in [0.15, 0.2) is 0 Å². The Morgan fingerprint density at radius 2 is 2.50 bits per heavy atom. The highest BCUT2D eigenvalue weighted by Crippen LogP contribution is 2.01. The van der Waals surface area contributed by atoms with Crippen LogP contribution in [0.3, 0.4) is 0 Å². The zero-order valence-electron chi connectivity index (χ0n) is 7.49. The van der Waals surface area contributed by atoms with Crippen molar-refractivity contribution in [3.05, 3.63) is 36.8 Å². The summed E-state index contributed by atoms with van der Waals surface area (Å²) in [6.07, 6.45) is 4.59. The zero-order chi connectivity index (χ0) is 8.81. The summed E-state index contributed by atoms with van der Waals surface area (Å²) in [4.78, 5) is 2.20. The molecule has 0 unspecified atom stereocenters. The molecule has 0 radical (unpaired) electrons. The average molecular weight is 165 g/mol. The molecule has 0 aliphatic rings. The molecule has 0 saturated carbocycles. The van der Waals surface area contributed by atoms with Crippen LogP contribution in [-0.2, 0) is 6.42 Å². The SMILES string of the molecule is C=CCN(C)CCc1ccco1. The van der Waals surface area contributed by atoms with Crippen molar-refractivity contribution < 1.29 is 4.42 Å². The van der Waals surface area contributed by atoms with Gasteiger partial charge in [-0.25, -0.2) is 0 Å². The van der Waals surface area contributed by atoms with Crippen molar-refractivity contribution in [2.45, 2.75) is 6.42 Å². The van der Waals surface area contributed by atoms with E-state index < -0.39 is 0 Å². The molecule has 0 saturated heterocycles. The van der Waals surface area contributed by atoms with Gasteiger partial charge < -0.3 is 9.32 Å². The standard InChI is InChI=1S/C10H15NO/c1-3-7-11(2)8-6-10-5-4-9-12-10/h3-5,9H,1,6-8H2,2H3. The molecule has 0 fully saturated rings. The third kappa shape index (κ3) is 2.93. The highest BCUT2D eigenvalue weighted by molar-refractivity contribution is 4.98. The van der Waals surface area contributed by atoms with Gasteiger partial charge in [0.05, 0.1) is 6.26 Å². The molecule has 12 heavy (non-hydrogen) atoms. The van der Waals surface area contributed by atoms with E-state index in [2.05, 4.69) is 18.5 Å². The molecule has 0 amide bonds. The van der Waals surface area contributed by atoms with Gasteiger partial charge in [0, 0.05) is 19.5 Å². The largest absolute Gasteiger partial charge is 0.469 e. The second-order valence-corrected chi connectivity index (χ2v) is 2.88. The van der Waals surface area contributed by atoms with E-state index in [0.29, 0.717) is 0 Å². The van der Waals surface area contributed by atoms with Gasteiger partial charge in [-0.1, -0.05) is 6.08 Å². The van der Waals surface area contributed by atoms with E-state index in [1.165, 1.54) is 0 Å². The lowest BCUT2D eigenvalue weighted by Gasteiger charge is -2.12. The Labute approximate surface area is 73.5 Å². The Balaban J connectivity index is 2.21. The Morgan fingerprint density at radius 3 is 3.08 bits per heavy atom. The van der Waals surface area contributed by atoms with Crippen LogP contribution in [0.2, 0.25) is 0 Å². The van der Waals surface area contributed by atoms with Gasteiger partial charge in [-0.2, -0.15) is 0 Å². The minimum absolute atomic E-state index is 0.931. The number of rotatable bonds is 5. The van der Waals surface area contributed by atoms with Gasteiger partial charge in [0.2, 0.25) is 0 Å². The van der Waals surface area contributed by atoms with Crippen molar-refractivity contribution in [3.8, 4) is 0 Å². The lowest BCUT2D eigenvalue weighted by molar-refractivity contribution is 0.359. The number of hydrogen-bond donors (Lipinski definition) is 0. The summed E-state index contributed by atoms with van der Waals surface area (Å²) in [5.74, 6) is 1.05. The van der Waals surface area contributed by atoms with E-state index in [9.17, 15) is 0 Å². The van der Waals surface area contributed by atoms with Crippen LogP contribution in [0.1, 0.15) is 5.76 Å². The zero-order valence-corrected chi connectivity index (χ0v) is 7.49. The van der Waals surface area contributed by atoms with Crippen LogP contribution in [0.5, 0.6) is 0 Å². The Morgan fingerprint density at radius 1 is 1.67 bits per heavy atom. The topological polar surface area (TPSA) is 16.4 Å². The fourth-order valence-corrected chi connectivity index (χ4v) is 1.07. The molecule has 0 aliphatic heterocycles. The van der Waals surface area contributed by atoms with Crippen LogP contribution >= 0.6 is 0 Å². The van der Waals surface area contributed by atoms with Gasteiger partial charge >= 0.3 is 0 Å². The monoisotopic (exact) mass is 165 g/mol. The highest BCUT2D eigenvalue weighted by atomic mass is 16.3. The van der Waals surface area contributed by atoms with Crippen molar-refractivity contribution in [1.29, 1.82) is 0 Å². The second kappa shape index (κ2) is 4.78. The molecule has 1 heterocycles. The van der Waals surface area contributed by atoms with Crippen LogP contribution < -0.4 is 0 Å². The summed E-state index contributed by atoms with van der Waals surface area (Å²) >= 11 is 0. The van der Waals surface area contributed by atoms with Crippen molar-refractivity contribution in [2.75, 3.05) is 20.1 Å². The summed E-state index contributed by atoms with van der Waals surface area (Å²) < 4.78 is 5.21. The van der Waals surface area contributed by atoms with E-state index in [4.69, 9.17) is 4.42 Å². The average Bonchev–Trinajstić information content (AvgIpc) is 2.53. The number of nitrogens with zero attached hydrogens (tertiary/aromatic N) is 1. The summed E-state index contributed by atoms with van der Waals surface area (Å²) in [6.45, 7) is 5.63. The summed E-state index contributed by atoms with van der Waals surface area (Å²) in [5, 5.41) is 0. The number of hydrogen-bond acceptors (Lipinski definition) is 2. The molecular weight excluding hydrogens is 150 g/mol. The molecule has 66 valence electrons. The van der Waals surface area contributed by atoms with E-state index in [1.54, 1.807) is 6.26 Å². The molecule has 1 rings (SSSR count). The van der Waals surface area contributed by atoms with Gasteiger partial charge in [-0.15, -0.1) is 6.58 Å². The quantitative estimate of drug-likeness (QED) is 0.620. The van der Waals surface area contributed by atoms with Gasteiger partial charge in [-0.3, -0.25) is 0 Å². The Bertz CT molecular complexity index is 216. The van der Waals surface area contributed by atoms with Crippen molar-refractivity contribution in [2.24, 2.45) is 0 Å². The molecule has 0 bridgehead atoms. The van der Waals surface area contributed by atoms with Gasteiger partial charge in [-0.05, 0) is 19.2 Å². The first kappa shape index (κ1) is 9.07. The second-order valence-electron chi connectivity index (χ2n) is 2.88. The van der Waals surface area contributed by atoms with Crippen LogP contribution in [0.4, 0.5) is 0 Å². The molecule has 0 atom stereocenters. The molecule has 0 aliphatic carbocycles. The molecule has 0 aromatic carbocycles. The summed E-state index contributed by atoms with van der Waals surface area (Å²) in [5.41, 5.74) is 0. The van der Waals surface area contributed by atoms with E-state index >= 15 is 0 Å². The summed E-state index contributed by atoms with van der Waals surface area (Å²) in [7, 11) is 2.07. The van der Waals surface area contributed by atoms with E-state index in [0.717, 1.165) is 25.3 Å². The van der Waals surface area contributed by atoms with Gasteiger partial charge in [0.25, 0.3) is 0 Å². The smallest absolute Gasteiger partial charge is 0.105 e. The predicted molar refractivity (Wildman–Crippen MR) is 50.1 cm³/mol. The van der Waals surface area contributed by atoms with Crippen molar-refractivity contribution >= 4 is 0 Å². The molecule has 2 heteroatoms. The van der Waals surface area contributed by atoms with Crippen LogP contribution in [0.15, 0.2) is 35.5 Å². The van der Waals surface area contributed by atoms with E-state index in [-0.39, 0.29) is 0 Å². The van der Waals surface area contributed by atoms with E-state index in [1.807, 2.05) is 18.2 Å². The maximum Gasteiger partial charge on any atom is 0.105 e. The van der Waals surface area contributed by atoms with Crippen LogP contribution in [0, 0.1) is 0 Å². The minimum atomic E-state index is 0.931. The fraction of sp³-hybridized carbons (Fsp3) is 0.400. The van der Waals surface area contributed by atoms with Crippen LogP contribution in [-0.4, -0.2) is 25.0 Å². The van der Waals surface area contributed by atoms with Crippen molar-refractivity contribution in [3.63, 3.8) is 0 Å². The molecule has 1 aromatic heterocycles. The normalized spacial score (nSPS) is 10.5. The Hall–Kier alpha value is -1.02. The molecule has 2 nitrogen and oxygen atoms in total. The first-order valence-corrected chi connectivity index (χ1v) is 4.14. The third-order valence-corrected chi connectivity index (χ3v) is 1.76. The molecular formula is C10H15NO. The van der Waals surface area contributed by atoms with Crippen LogP contribution in [0.25, 0.3) is 0 Å². The maximum absolute atomic E-state index is 5.21. The predicted octanol–water partition coefficient (Wildman–Crippen LogP) is 1.94. The highest BCUT2D eigenvalue weighted by Gasteiger charge is 1.98. The Kier molecular flexibility index (Phi) is 3.61. The minimum Gasteiger partial charge on any atom is -0.469 e. The van der Waals surface area contributed by atoms with Crippen molar-refractivity contribution in [1.82, 2.24) is 4.90 Å². The third-order valence-electron chi connectivity index (χ3n) is 1.76. The molecule has 0 N–H and O–H groups in total. The summed E-state index contributed by atoms with van der Waals surface area (Å²) in [6, 6.07) is 3.92. The molecule has 1 aromatic rings. The lowest BCUT2D eigenvalue weighted by Crippen LogP contribution is -2.20. The fourth-order valence-electron chi connectivity index (χ4n) is 1.07. The first-order chi connectivity index (χ1) is 5.83. The number of likely N-dealkylation sites (N-methyl/N-ethyl adjacent to an activating group) is 1. The molecule has 0 spiro atoms. The lowest BCUT2D eigenvalue weighted by atomic mass is 10.3. The first-order valence-electron chi connectivity index (χ1n) is 4.14. The number of furan rings is 1. The van der Waals surface area contributed by atoms with Gasteiger partial charge in [0.1, 0.15) is 5.76 Å². The maximum atomic E-state index is 5.21.